The van der Waals surface area contributed by atoms with Crippen LogP contribution in [0.15, 0.2) is 18.2 Å². The van der Waals surface area contributed by atoms with Crippen molar-refractivity contribution in [3.8, 4) is 0 Å². The van der Waals surface area contributed by atoms with Gasteiger partial charge in [0.25, 0.3) is 0 Å². The summed E-state index contributed by atoms with van der Waals surface area (Å²) in [5.41, 5.74) is 1.15. The fourth-order valence-electron chi connectivity index (χ4n) is 2.41. The van der Waals surface area contributed by atoms with E-state index in [0.717, 1.165) is 19.4 Å². The van der Waals surface area contributed by atoms with Crippen molar-refractivity contribution < 1.29 is 13.9 Å². The van der Waals surface area contributed by atoms with Crippen LogP contribution in [-0.2, 0) is 4.74 Å². The molecule has 0 spiro atoms. The first-order chi connectivity index (χ1) is 8.60. The van der Waals surface area contributed by atoms with E-state index in [1.807, 2.05) is 6.92 Å². The average molecular weight is 250 g/mol. The number of carbonyl (C=O) groups excluding carboxylic acids is 1. The second-order valence-electron chi connectivity index (χ2n) is 5.01. The molecule has 1 aromatic carbocycles. The van der Waals surface area contributed by atoms with Gasteiger partial charge in [-0.1, -0.05) is 0 Å². The van der Waals surface area contributed by atoms with Crippen molar-refractivity contribution >= 4 is 5.78 Å². The van der Waals surface area contributed by atoms with Crippen molar-refractivity contribution in [2.75, 3.05) is 6.61 Å². The Labute approximate surface area is 107 Å². The zero-order valence-electron chi connectivity index (χ0n) is 10.9. The first-order valence-corrected chi connectivity index (χ1v) is 6.51. The highest BCUT2D eigenvalue weighted by atomic mass is 19.1. The standard InChI is InChI=1S/C15H19FO2/c1-3-18-13-7-11(8-13)9-15(17)12-4-5-14(16)10(2)6-12/h4-6,11,13H,3,7-9H2,1-2H3. The van der Waals surface area contributed by atoms with Crippen LogP contribution < -0.4 is 0 Å². The molecule has 0 N–H and O–H groups in total. The van der Waals surface area contributed by atoms with Crippen LogP contribution in [0, 0.1) is 18.7 Å². The number of hydrogen-bond acceptors (Lipinski definition) is 2. The van der Waals surface area contributed by atoms with Gasteiger partial charge >= 0.3 is 0 Å². The average Bonchev–Trinajstić information content (AvgIpc) is 2.30. The number of hydrogen-bond donors (Lipinski definition) is 0. The van der Waals surface area contributed by atoms with Crippen molar-refractivity contribution in [2.24, 2.45) is 5.92 Å². The van der Waals surface area contributed by atoms with Gasteiger partial charge in [-0.05, 0) is 56.4 Å². The van der Waals surface area contributed by atoms with Gasteiger partial charge < -0.3 is 4.74 Å². The molecule has 0 aromatic heterocycles. The molecule has 0 unspecified atom stereocenters. The fourth-order valence-corrected chi connectivity index (χ4v) is 2.41. The largest absolute Gasteiger partial charge is 0.378 e. The van der Waals surface area contributed by atoms with Crippen LogP contribution in [0.2, 0.25) is 0 Å². The van der Waals surface area contributed by atoms with E-state index in [-0.39, 0.29) is 11.6 Å². The summed E-state index contributed by atoms with van der Waals surface area (Å²) in [6.07, 6.45) is 2.83. The molecule has 0 radical (unpaired) electrons. The number of benzene rings is 1. The topological polar surface area (TPSA) is 26.3 Å². The van der Waals surface area contributed by atoms with E-state index >= 15 is 0 Å². The molecule has 0 bridgehead atoms. The smallest absolute Gasteiger partial charge is 0.163 e. The van der Waals surface area contributed by atoms with E-state index in [2.05, 4.69) is 0 Å². The first-order valence-electron chi connectivity index (χ1n) is 6.51. The number of ketones is 1. The second kappa shape index (κ2) is 5.61. The van der Waals surface area contributed by atoms with E-state index in [0.29, 0.717) is 29.6 Å². The van der Waals surface area contributed by atoms with Gasteiger partial charge in [0.15, 0.2) is 5.78 Å². The SMILES string of the molecule is CCOC1CC(CC(=O)c2ccc(F)c(C)c2)C1. The minimum atomic E-state index is -0.258. The van der Waals surface area contributed by atoms with Gasteiger partial charge in [0, 0.05) is 18.6 Å². The number of aryl methyl sites for hydroxylation is 1. The zero-order chi connectivity index (χ0) is 13.1. The highest BCUT2D eigenvalue weighted by Crippen LogP contribution is 2.33. The molecule has 0 aliphatic heterocycles. The highest BCUT2D eigenvalue weighted by Gasteiger charge is 2.31. The Morgan fingerprint density at radius 1 is 1.44 bits per heavy atom. The summed E-state index contributed by atoms with van der Waals surface area (Å²) in [5.74, 6) is 0.282. The molecule has 1 aliphatic carbocycles. The zero-order valence-corrected chi connectivity index (χ0v) is 10.9. The van der Waals surface area contributed by atoms with Gasteiger partial charge in [-0.25, -0.2) is 4.39 Å². The lowest BCUT2D eigenvalue weighted by molar-refractivity contribution is -0.0246. The molecule has 98 valence electrons. The minimum absolute atomic E-state index is 0.109. The summed E-state index contributed by atoms with van der Waals surface area (Å²) >= 11 is 0. The molecule has 18 heavy (non-hydrogen) atoms. The maximum Gasteiger partial charge on any atom is 0.163 e. The molecule has 1 fully saturated rings. The van der Waals surface area contributed by atoms with E-state index in [1.54, 1.807) is 19.1 Å². The summed E-state index contributed by atoms with van der Waals surface area (Å²) < 4.78 is 18.6. The van der Waals surface area contributed by atoms with Gasteiger partial charge in [0.05, 0.1) is 6.10 Å². The van der Waals surface area contributed by atoms with Crippen LogP contribution in [0.5, 0.6) is 0 Å². The second-order valence-corrected chi connectivity index (χ2v) is 5.01. The number of Topliss-reactive ketones (excluding diaryl/α,β-unsaturated/α-hetero) is 1. The summed E-state index contributed by atoms with van der Waals surface area (Å²) in [4.78, 5) is 12.0. The van der Waals surface area contributed by atoms with Crippen LogP contribution in [0.4, 0.5) is 4.39 Å². The Bertz CT molecular complexity index is 436. The summed E-state index contributed by atoms with van der Waals surface area (Å²) in [6, 6.07) is 4.58. The van der Waals surface area contributed by atoms with Gasteiger partial charge in [-0.15, -0.1) is 0 Å². The Hall–Kier alpha value is -1.22. The van der Waals surface area contributed by atoms with Crippen LogP contribution >= 0.6 is 0 Å². The van der Waals surface area contributed by atoms with Crippen molar-refractivity contribution in [3.63, 3.8) is 0 Å². The lowest BCUT2D eigenvalue weighted by atomic mass is 9.78. The lowest BCUT2D eigenvalue weighted by Gasteiger charge is -2.34. The van der Waals surface area contributed by atoms with E-state index in [4.69, 9.17) is 4.74 Å². The van der Waals surface area contributed by atoms with Crippen molar-refractivity contribution in [1.82, 2.24) is 0 Å². The Kier molecular flexibility index (Phi) is 4.12. The van der Waals surface area contributed by atoms with Gasteiger partial charge in [0.2, 0.25) is 0 Å². The molecular formula is C15H19FO2. The molecular weight excluding hydrogens is 231 g/mol. The predicted molar refractivity (Wildman–Crippen MR) is 68.2 cm³/mol. The molecule has 3 heteroatoms. The Morgan fingerprint density at radius 2 is 2.17 bits per heavy atom. The third-order valence-electron chi connectivity index (χ3n) is 3.55. The monoisotopic (exact) mass is 250 g/mol. The summed E-state index contributed by atoms with van der Waals surface area (Å²) in [6.45, 7) is 4.41. The third kappa shape index (κ3) is 2.96. The molecule has 1 saturated carbocycles. The molecule has 2 nitrogen and oxygen atoms in total. The summed E-state index contributed by atoms with van der Waals surface area (Å²) in [7, 11) is 0. The van der Waals surface area contributed by atoms with E-state index in [1.165, 1.54) is 6.07 Å². The van der Waals surface area contributed by atoms with Crippen LogP contribution in [0.25, 0.3) is 0 Å². The third-order valence-corrected chi connectivity index (χ3v) is 3.55. The number of carbonyl (C=O) groups is 1. The maximum absolute atomic E-state index is 13.1. The van der Waals surface area contributed by atoms with Crippen molar-refractivity contribution in [1.29, 1.82) is 0 Å². The van der Waals surface area contributed by atoms with Gasteiger partial charge in [0.1, 0.15) is 5.82 Å². The van der Waals surface area contributed by atoms with Crippen molar-refractivity contribution in [3.05, 3.63) is 35.1 Å². The molecule has 1 aromatic rings. The molecule has 0 saturated heterocycles. The first kappa shape index (κ1) is 13.2. The van der Waals surface area contributed by atoms with Gasteiger partial charge in [-0.2, -0.15) is 0 Å². The number of ether oxygens (including phenoxy) is 1. The van der Waals surface area contributed by atoms with E-state index in [9.17, 15) is 9.18 Å². The lowest BCUT2D eigenvalue weighted by Crippen LogP contribution is -2.32. The Balaban J connectivity index is 1.87. The van der Waals surface area contributed by atoms with Crippen molar-refractivity contribution in [2.45, 2.75) is 39.2 Å². The van der Waals surface area contributed by atoms with Crippen LogP contribution in [-0.4, -0.2) is 18.5 Å². The molecule has 2 rings (SSSR count). The normalized spacial score (nSPS) is 22.6. The molecule has 1 aliphatic rings. The van der Waals surface area contributed by atoms with Gasteiger partial charge in [-0.3, -0.25) is 4.79 Å². The minimum Gasteiger partial charge on any atom is -0.378 e. The fraction of sp³-hybridized carbons (Fsp3) is 0.533. The van der Waals surface area contributed by atoms with Crippen LogP contribution in [0.1, 0.15) is 42.1 Å². The highest BCUT2D eigenvalue weighted by molar-refractivity contribution is 5.96. The number of halogens is 1. The summed E-state index contributed by atoms with van der Waals surface area (Å²) in [5, 5.41) is 0. The predicted octanol–water partition coefficient (Wildman–Crippen LogP) is 3.52. The number of rotatable bonds is 5. The Morgan fingerprint density at radius 3 is 2.78 bits per heavy atom. The molecule has 0 heterocycles. The van der Waals surface area contributed by atoms with E-state index < -0.39 is 0 Å². The van der Waals surface area contributed by atoms with Crippen LogP contribution in [0.3, 0.4) is 0 Å². The maximum atomic E-state index is 13.1. The molecule has 0 amide bonds. The quantitative estimate of drug-likeness (QED) is 0.747. The molecule has 0 atom stereocenters.